The van der Waals surface area contributed by atoms with E-state index in [1.807, 2.05) is 25.3 Å². The van der Waals surface area contributed by atoms with Gasteiger partial charge >= 0.3 is 0 Å². The summed E-state index contributed by atoms with van der Waals surface area (Å²) in [6.45, 7) is 2.76. The normalized spacial score (nSPS) is 27.1. The Bertz CT molecular complexity index is 1310. The van der Waals surface area contributed by atoms with E-state index in [4.69, 9.17) is 8.94 Å². The highest BCUT2D eigenvalue weighted by atomic mass is 16.5. The zero-order valence-electron chi connectivity index (χ0n) is 23.2. The third-order valence-electron chi connectivity index (χ3n) is 10.2. The van der Waals surface area contributed by atoms with E-state index in [-0.39, 0.29) is 16.7 Å². The van der Waals surface area contributed by atoms with E-state index in [0.29, 0.717) is 24.1 Å². The first-order chi connectivity index (χ1) is 19.0. The monoisotopic (exact) mass is 528 g/mol. The second-order valence-electron chi connectivity index (χ2n) is 13.0. The molecule has 7 heteroatoms. The summed E-state index contributed by atoms with van der Waals surface area (Å²) >= 11 is 0. The van der Waals surface area contributed by atoms with Gasteiger partial charge in [0.15, 0.2) is 5.82 Å². The smallest absolute Gasteiger partial charge is 0.258 e. The quantitative estimate of drug-likeness (QED) is 0.301. The van der Waals surface area contributed by atoms with Crippen molar-refractivity contribution in [1.29, 1.82) is 0 Å². The number of carbonyl (C=O) groups excluding carboxylic acids is 1. The Balaban J connectivity index is 1.14. The first-order valence-corrected chi connectivity index (χ1v) is 15.2. The fourth-order valence-corrected chi connectivity index (χ4v) is 7.49. The number of nitrogens with zero attached hydrogens (tertiary/aromatic N) is 4. The molecule has 2 heterocycles. The van der Waals surface area contributed by atoms with Gasteiger partial charge in [0.25, 0.3) is 5.89 Å². The van der Waals surface area contributed by atoms with Crippen LogP contribution in [0.2, 0.25) is 0 Å². The fraction of sp³-hybridized carbons (Fsp3) is 0.625. The van der Waals surface area contributed by atoms with Gasteiger partial charge in [-0.1, -0.05) is 30.5 Å². The van der Waals surface area contributed by atoms with Crippen molar-refractivity contribution in [3.05, 3.63) is 47.9 Å². The van der Waals surface area contributed by atoms with Crippen molar-refractivity contribution >= 4 is 11.6 Å². The molecule has 0 N–H and O–H groups in total. The number of aryl methyl sites for hydroxylation is 1. The number of aromatic nitrogens is 3. The summed E-state index contributed by atoms with van der Waals surface area (Å²) in [5, 5.41) is 4.22. The first kappa shape index (κ1) is 25.0. The molecule has 5 aliphatic carbocycles. The van der Waals surface area contributed by atoms with Crippen LogP contribution in [0.25, 0.3) is 11.5 Å². The van der Waals surface area contributed by atoms with Crippen molar-refractivity contribution in [1.82, 2.24) is 15.1 Å². The molecule has 39 heavy (non-hydrogen) atoms. The van der Waals surface area contributed by atoms with Gasteiger partial charge in [0, 0.05) is 35.5 Å². The molecule has 0 atom stereocenters. The van der Waals surface area contributed by atoms with E-state index >= 15 is 0 Å². The minimum Gasteiger partial charge on any atom is -0.445 e. The van der Waals surface area contributed by atoms with Crippen molar-refractivity contribution in [2.75, 3.05) is 11.4 Å². The topological polar surface area (TPSA) is 85.3 Å². The number of hydrogen-bond acceptors (Lipinski definition) is 6. The number of rotatable bonds is 8. The van der Waals surface area contributed by atoms with Crippen LogP contribution in [0.5, 0.6) is 0 Å². The number of amides is 1. The lowest BCUT2D eigenvalue weighted by molar-refractivity contribution is -0.120. The maximum absolute atomic E-state index is 14.0. The van der Waals surface area contributed by atoms with Gasteiger partial charge in [0.05, 0.1) is 6.20 Å². The Labute approximate surface area is 230 Å². The average Bonchev–Trinajstić information content (AvgIpc) is 3.53. The molecule has 0 spiro atoms. The highest BCUT2D eigenvalue weighted by Gasteiger charge is 2.52. The zero-order valence-corrected chi connectivity index (χ0v) is 23.2. The van der Waals surface area contributed by atoms with Crippen LogP contribution in [-0.4, -0.2) is 27.6 Å². The summed E-state index contributed by atoms with van der Waals surface area (Å²) < 4.78 is 11.7. The van der Waals surface area contributed by atoms with Crippen LogP contribution in [0.4, 0.5) is 5.69 Å². The largest absolute Gasteiger partial charge is 0.445 e. The highest BCUT2D eigenvalue weighted by Crippen LogP contribution is 2.58. The summed E-state index contributed by atoms with van der Waals surface area (Å²) in [4.78, 5) is 25.5. The van der Waals surface area contributed by atoms with Crippen LogP contribution in [-0.2, 0) is 10.2 Å². The summed E-state index contributed by atoms with van der Waals surface area (Å²) in [6.07, 6.45) is 17.5. The van der Waals surface area contributed by atoms with Gasteiger partial charge in [0.1, 0.15) is 5.76 Å². The Morgan fingerprint density at radius 2 is 1.79 bits per heavy atom. The Hall–Kier alpha value is -2.96. The van der Waals surface area contributed by atoms with Gasteiger partial charge in [0.2, 0.25) is 11.8 Å². The van der Waals surface area contributed by atoms with Crippen LogP contribution in [0.1, 0.15) is 113 Å². The SMILES string of the molecule is Cc1cnc(C23CCC(CN(C(=O)CC4CCCCC4)c4cccc(-c5nc(C6CC6)no5)c4)(CC2)CC3)o1. The molecule has 1 amide bonds. The molecule has 5 saturated carbocycles. The maximum Gasteiger partial charge on any atom is 0.258 e. The first-order valence-electron chi connectivity index (χ1n) is 15.2. The predicted molar refractivity (Wildman–Crippen MR) is 148 cm³/mol. The number of anilines is 1. The van der Waals surface area contributed by atoms with Crippen molar-refractivity contribution < 1.29 is 13.7 Å². The second kappa shape index (κ2) is 9.90. The van der Waals surface area contributed by atoms with Crippen LogP contribution in [0, 0.1) is 18.3 Å². The lowest BCUT2D eigenvalue weighted by atomic mass is 9.53. The van der Waals surface area contributed by atoms with E-state index in [2.05, 4.69) is 32.2 Å². The van der Waals surface area contributed by atoms with Gasteiger partial charge in [-0.3, -0.25) is 4.79 Å². The third-order valence-corrected chi connectivity index (χ3v) is 10.2. The molecule has 0 saturated heterocycles. The van der Waals surface area contributed by atoms with E-state index in [1.54, 1.807) is 0 Å². The fourth-order valence-electron chi connectivity index (χ4n) is 7.49. The maximum atomic E-state index is 14.0. The van der Waals surface area contributed by atoms with Gasteiger partial charge in [-0.15, -0.1) is 0 Å². The number of carbonyl (C=O) groups is 1. The highest BCUT2D eigenvalue weighted by molar-refractivity contribution is 5.94. The van der Waals surface area contributed by atoms with Crippen LogP contribution < -0.4 is 4.90 Å². The second-order valence-corrected chi connectivity index (χ2v) is 13.0. The number of hydrogen-bond donors (Lipinski definition) is 0. The molecule has 0 unspecified atom stereocenters. The lowest BCUT2D eigenvalue weighted by Gasteiger charge is -2.53. The number of oxazole rings is 1. The standard InChI is InChI=1S/C32H40N4O3/c1-22-20-33-30(38-22)32-15-12-31(13-16-32,14-17-32)21-36(27(37)18-23-6-3-2-4-7-23)26-9-5-8-25(19-26)29-34-28(35-39-29)24-10-11-24/h5,8-9,19-20,23-24H,2-4,6-7,10-18,21H2,1H3. The molecule has 3 aromatic rings. The molecule has 5 fully saturated rings. The van der Waals surface area contributed by atoms with E-state index < -0.39 is 0 Å². The molecule has 0 radical (unpaired) electrons. The lowest BCUT2D eigenvalue weighted by Crippen LogP contribution is -2.51. The molecular weight excluding hydrogens is 488 g/mol. The molecule has 1 aromatic carbocycles. The Morgan fingerprint density at radius 3 is 2.49 bits per heavy atom. The summed E-state index contributed by atoms with van der Waals surface area (Å²) in [6, 6.07) is 8.22. The molecule has 0 aliphatic heterocycles. The van der Waals surface area contributed by atoms with Crippen molar-refractivity contribution in [3.8, 4) is 11.5 Å². The van der Waals surface area contributed by atoms with E-state index in [0.717, 1.165) is 86.6 Å². The molecule has 5 aliphatic rings. The molecule has 8 rings (SSSR count). The summed E-state index contributed by atoms with van der Waals surface area (Å²) in [5.41, 5.74) is 2.07. The minimum absolute atomic E-state index is 0.0735. The summed E-state index contributed by atoms with van der Waals surface area (Å²) in [5.74, 6) is 4.41. The summed E-state index contributed by atoms with van der Waals surface area (Å²) in [7, 11) is 0. The number of fused-ring (bicyclic) bond motifs is 3. The molecule has 2 aromatic heterocycles. The van der Waals surface area contributed by atoms with Crippen molar-refractivity contribution in [2.45, 2.75) is 108 Å². The average molecular weight is 529 g/mol. The van der Waals surface area contributed by atoms with Gasteiger partial charge in [-0.2, -0.15) is 4.98 Å². The van der Waals surface area contributed by atoms with Gasteiger partial charge in [-0.05, 0) is 101 Å². The molecule has 7 nitrogen and oxygen atoms in total. The predicted octanol–water partition coefficient (Wildman–Crippen LogP) is 7.51. The van der Waals surface area contributed by atoms with Gasteiger partial charge < -0.3 is 13.8 Å². The van der Waals surface area contributed by atoms with Crippen molar-refractivity contribution in [3.63, 3.8) is 0 Å². The molecular formula is C32H40N4O3. The van der Waals surface area contributed by atoms with E-state index in [1.165, 1.54) is 32.1 Å². The minimum atomic E-state index is 0.0735. The zero-order chi connectivity index (χ0) is 26.5. The number of benzene rings is 1. The van der Waals surface area contributed by atoms with Crippen LogP contribution in [0.15, 0.2) is 39.4 Å². The van der Waals surface area contributed by atoms with Gasteiger partial charge in [-0.25, -0.2) is 4.98 Å². The Kier molecular flexibility index (Phi) is 6.36. The Morgan fingerprint density at radius 1 is 1.03 bits per heavy atom. The van der Waals surface area contributed by atoms with E-state index in [9.17, 15) is 4.79 Å². The van der Waals surface area contributed by atoms with Crippen molar-refractivity contribution in [2.24, 2.45) is 11.3 Å². The third kappa shape index (κ3) is 4.93. The molecule has 206 valence electrons. The molecule has 2 bridgehead atoms. The van der Waals surface area contributed by atoms with Crippen LogP contribution >= 0.6 is 0 Å². The van der Waals surface area contributed by atoms with Crippen LogP contribution in [0.3, 0.4) is 0 Å².